The van der Waals surface area contributed by atoms with Gasteiger partial charge in [0.15, 0.2) is 0 Å². The number of hydrogen-bond donors (Lipinski definition) is 1. The van der Waals surface area contributed by atoms with E-state index in [1.54, 1.807) is 12.3 Å². The molecule has 1 aromatic carbocycles. The summed E-state index contributed by atoms with van der Waals surface area (Å²) in [6, 6.07) is 13.1. The Labute approximate surface area is 139 Å². The minimum Gasteiger partial charge on any atom is -0.364 e. The van der Waals surface area contributed by atoms with E-state index in [1.807, 2.05) is 24.4 Å². The van der Waals surface area contributed by atoms with Crippen LogP contribution in [0.15, 0.2) is 61.1 Å². The van der Waals surface area contributed by atoms with Crippen LogP contribution in [0.3, 0.4) is 0 Å². The number of benzene rings is 1. The number of anilines is 1. The molecule has 3 rings (SSSR count). The molecule has 1 N–H and O–H groups in total. The second-order valence-electron chi connectivity index (χ2n) is 5.26. The van der Waals surface area contributed by atoms with Gasteiger partial charge in [0, 0.05) is 44.2 Å². The molecule has 7 heteroatoms. The first kappa shape index (κ1) is 15.7. The lowest BCUT2D eigenvalue weighted by Gasteiger charge is -2.09. The largest absolute Gasteiger partial charge is 0.364 e. The maximum atomic E-state index is 11.0. The maximum Gasteiger partial charge on any atom is 0.311 e. The number of imidazole rings is 1. The summed E-state index contributed by atoms with van der Waals surface area (Å²) < 4.78 is 2.07. The van der Waals surface area contributed by atoms with Crippen molar-refractivity contribution in [2.24, 2.45) is 0 Å². The summed E-state index contributed by atoms with van der Waals surface area (Å²) in [6.45, 7) is 1.27. The number of pyridine rings is 1. The van der Waals surface area contributed by atoms with E-state index in [0.29, 0.717) is 13.0 Å². The lowest BCUT2D eigenvalue weighted by Crippen LogP contribution is -2.12. The highest BCUT2D eigenvalue weighted by atomic mass is 16.6. The Morgan fingerprint density at radius 1 is 1.08 bits per heavy atom. The monoisotopic (exact) mass is 323 g/mol. The number of nitrogens with zero attached hydrogens (tertiary/aromatic N) is 4. The van der Waals surface area contributed by atoms with Crippen LogP contribution < -0.4 is 5.32 Å². The van der Waals surface area contributed by atoms with Gasteiger partial charge < -0.3 is 9.88 Å². The summed E-state index contributed by atoms with van der Waals surface area (Å²) in [7, 11) is 0. The van der Waals surface area contributed by atoms with Gasteiger partial charge in [-0.15, -0.1) is 0 Å². The fraction of sp³-hybridized carbons (Fsp3) is 0.176. The summed E-state index contributed by atoms with van der Waals surface area (Å²) in [5.74, 6) is 1.20. The molecule has 0 saturated carbocycles. The third-order valence-electron chi connectivity index (χ3n) is 3.62. The van der Waals surface area contributed by atoms with Crippen molar-refractivity contribution in [3.8, 4) is 0 Å². The number of nitrogens with one attached hydrogen (secondary N) is 1. The van der Waals surface area contributed by atoms with Crippen LogP contribution in [0.2, 0.25) is 0 Å². The van der Waals surface area contributed by atoms with Gasteiger partial charge in [0.1, 0.15) is 5.82 Å². The smallest absolute Gasteiger partial charge is 0.311 e. The summed E-state index contributed by atoms with van der Waals surface area (Å²) in [5, 5.41) is 14.0. The van der Waals surface area contributed by atoms with E-state index in [1.165, 1.54) is 17.8 Å². The molecule has 24 heavy (non-hydrogen) atoms. The van der Waals surface area contributed by atoms with Gasteiger partial charge in [0.05, 0.1) is 4.92 Å². The predicted octanol–water partition coefficient (Wildman–Crippen LogP) is 2.89. The minimum atomic E-state index is -0.439. The van der Waals surface area contributed by atoms with Crippen molar-refractivity contribution >= 4 is 11.5 Å². The number of hydrogen-bond acceptors (Lipinski definition) is 5. The van der Waals surface area contributed by atoms with Gasteiger partial charge in [-0.2, -0.15) is 0 Å². The number of nitro groups is 1. The van der Waals surface area contributed by atoms with Crippen molar-refractivity contribution in [1.82, 2.24) is 14.5 Å². The first-order chi connectivity index (χ1) is 11.7. The minimum absolute atomic E-state index is 0.0230. The van der Waals surface area contributed by atoms with Crippen LogP contribution in [0.5, 0.6) is 0 Å². The molecule has 0 radical (unpaired) electrons. The van der Waals surface area contributed by atoms with Crippen molar-refractivity contribution in [3.63, 3.8) is 0 Å². The first-order valence-electron chi connectivity index (χ1n) is 7.61. The van der Waals surface area contributed by atoms with E-state index >= 15 is 0 Å². The van der Waals surface area contributed by atoms with Crippen LogP contribution in [0, 0.1) is 10.1 Å². The zero-order valence-corrected chi connectivity index (χ0v) is 13.0. The molecule has 0 bridgehead atoms. The summed E-state index contributed by atoms with van der Waals surface area (Å²) in [4.78, 5) is 18.9. The molecule has 0 unspecified atom stereocenters. The third-order valence-corrected chi connectivity index (χ3v) is 3.62. The van der Waals surface area contributed by atoms with Gasteiger partial charge in [-0.25, -0.2) is 9.97 Å². The molecular formula is C17H17N5O2. The third kappa shape index (κ3) is 3.75. The van der Waals surface area contributed by atoms with Crippen molar-refractivity contribution in [3.05, 3.63) is 82.6 Å². The number of aromatic nitrogens is 3. The lowest BCUT2D eigenvalue weighted by atomic mass is 10.2. The van der Waals surface area contributed by atoms with Crippen LogP contribution in [0.1, 0.15) is 11.4 Å². The highest BCUT2D eigenvalue weighted by Crippen LogP contribution is 2.20. The molecule has 0 fully saturated rings. The highest BCUT2D eigenvalue weighted by Gasteiger charge is 2.13. The molecule has 0 aliphatic heterocycles. The highest BCUT2D eigenvalue weighted by molar-refractivity contribution is 5.55. The van der Waals surface area contributed by atoms with Crippen molar-refractivity contribution in [2.75, 3.05) is 11.9 Å². The van der Waals surface area contributed by atoms with E-state index in [4.69, 9.17) is 0 Å². The predicted molar refractivity (Wildman–Crippen MR) is 90.9 cm³/mol. The van der Waals surface area contributed by atoms with Gasteiger partial charge in [-0.05, 0) is 11.6 Å². The van der Waals surface area contributed by atoms with E-state index in [0.717, 1.165) is 12.4 Å². The standard InChI is InChI=1S/C17H17N5O2/c23-22(24)15-7-4-9-19-17(15)20-10-8-16-18-11-12-21(16)13-14-5-2-1-3-6-14/h1-7,9,11-12H,8,10,13H2,(H,19,20). The van der Waals surface area contributed by atoms with Crippen molar-refractivity contribution in [2.45, 2.75) is 13.0 Å². The Bertz CT molecular complexity index is 817. The molecule has 7 nitrogen and oxygen atoms in total. The van der Waals surface area contributed by atoms with Crippen molar-refractivity contribution < 1.29 is 4.92 Å². The molecule has 0 spiro atoms. The van der Waals surface area contributed by atoms with E-state index in [2.05, 4.69) is 32.0 Å². The lowest BCUT2D eigenvalue weighted by molar-refractivity contribution is -0.384. The van der Waals surface area contributed by atoms with Crippen LogP contribution >= 0.6 is 0 Å². The number of rotatable bonds is 7. The molecule has 122 valence electrons. The second kappa shape index (κ2) is 7.36. The molecule has 3 aromatic rings. The molecule has 0 atom stereocenters. The van der Waals surface area contributed by atoms with E-state index < -0.39 is 4.92 Å². The Hall–Kier alpha value is -3.22. The summed E-state index contributed by atoms with van der Waals surface area (Å²) >= 11 is 0. The average molecular weight is 323 g/mol. The molecule has 2 aromatic heterocycles. The maximum absolute atomic E-state index is 11.0. The SMILES string of the molecule is O=[N+]([O-])c1cccnc1NCCc1nccn1Cc1ccccc1. The Morgan fingerprint density at radius 2 is 1.92 bits per heavy atom. The van der Waals surface area contributed by atoms with Gasteiger partial charge in [0.25, 0.3) is 0 Å². The first-order valence-corrected chi connectivity index (χ1v) is 7.61. The molecular weight excluding hydrogens is 306 g/mol. The summed E-state index contributed by atoms with van der Waals surface area (Å²) in [6.07, 6.45) is 5.88. The van der Waals surface area contributed by atoms with Crippen LogP contribution in [0.4, 0.5) is 11.5 Å². The molecule has 0 aliphatic rings. The quantitative estimate of drug-likeness (QED) is 0.534. The molecule has 0 aliphatic carbocycles. The molecule has 0 saturated heterocycles. The van der Waals surface area contributed by atoms with Gasteiger partial charge >= 0.3 is 5.69 Å². The Morgan fingerprint density at radius 3 is 2.71 bits per heavy atom. The van der Waals surface area contributed by atoms with Gasteiger partial charge in [-0.3, -0.25) is 10.1 Å². The Balaban J connectivity index is 1.62. The second-order valence-corrected chi connectivity index (χ2v) is 5.26. The summed E-state index contributed by atoms with van der Waals surface area (Å²) in [5.41, 5.74) is 1.18. The average Bonchev–Trinajstić information content (AvgIpc) is 3.03. The van der Waals surface area contributed by atoms with Crippen LogP contribution in [-0.2, 0) is 13.0 Å². The topological polar surface area (TPSA) is 85.9 Å². The van der Waals surface area contributed by atoms with Crippen molar-refractivity contribution in [1.29, 1.82) is 0 Å². The zero-order chi connectivity index (χ0) is 16.8. The van der Waals surface area contributed by atoms with Crippen LogP contribution in [-0.4, -0.2) is 26.0 Å². The zero-order valence-electron chi connectivity index (χ0n) is 13.0. The molecule has 0 amide bonds. The van der Waals surface area contributed by atoms with E-state index in [-0.39, 0.29) is 11.5 Å². The Kier molecular flexibility index (Phi) is 4.81. The van der Waals surface area contributed by atoms with Gasteiger partial charge in [0.2, 0.25) is 5.82 Å². The fourth-order valence-electron chi connectivity index (χ4n) is 2.47. The normalized spacial score (nSPS) is 10.5. The molecule has 2 heterocycles. The van der Waals surface area contributed by atoms with E-state index in [9.17, 15) is 10.1 Å². The van der Waals surface area contributed by atoms with Crippen LogP contribution in [0.25, 0.3) is 0 Å². The van der Waals surface area contributed by atoms with Gasteiger partial charge in [-0.1, -0.05) is 30.3 Å². The fourth-order valence-corrected chi connectivity index (χ4v) is 2.47.